The number of nitrogens with two attached hydrogens (primary N) is 2. The molecule has 0 saturated heterocycles. The Morgan fingerprint density at radius 2 is 2.10 bits per heavy atom. The van der Waals surface area contributed by atoms with Gasteiger partial charge in [-0.3, -0.25) is 16.7 Å². The minimum absolute atomic E-state index is 0.924. The van der Waals surface area contributed by atoms with Gasteiger partial charge in [0.25, 0.3) is 0 Å². The van der Waals surface area contributed by atoms with Crippen LogP contribution in [0.25, 0.3) is 6.08 Å². The second-order valence-electron chi connectivity index (χ2n) is 1.46. The van der Waals surface area contributed by atoms with E-state index in [4.69, 9.17) is 0 Å². The van der Waals surface area contributed by atoms with E-state index in [9.17, 15) is 0 Å². The molecule has 1 aromatic heterocycles. The van der Waals surface area contributed by atoms with Gasteiger partial charge in [0.2, 0.25) is 0 Å². The van der Waals surface area contributed by atoms with Crippen LogP contribution in [0.4, 0.5) is 0 Å². The summed E-state index contributed by atoms with van der Waals surface area (Å²) in [5.74, 6) is 8.00. The van der Waals surface area contributed by atoms with Gasteiger partial charge in [0.15, 0.2) is 0 Å². The Hall–Kier alpha value is -1.19. The minimum atomic E-state index is 0.924. The van der Waals surface area contributed by atoms with Crippen LogP contribution < -0.4 is 11.7 Å². The predicted molar refractivity (Wildman–Crippen MR) is 42.7 cm³/mol. The minimum Gasteiger partial charge on any atom is -0.274 e. The molecule has 1 heterocycles. The van der Waals surface area contributed by atoms with Crippen LogP contribution in [0.15, 0.2) is 31.0 Å². The molecule has 0 aliphatic heterocycles. The summed E-state index contributed by atoms with van der Waals surface area (Å²) in [4.78, 5) is 3.98. The first kappa shape index (κ1) is 8.81. The first-order valence-electron chi connectivity index (χ1n) is 2.80. The van der Waals surface area contributed by atoms with E-state index in [2.05, 4.69) is 23.2 Å². The van der Waals surface area contributed by atoms with Gasteiger partial charge in [0, 0.05) is 6.20 Å². The van der Waals surface area contributed by atoms with Crippen molar-refractivity contribution in [1.29, 1.82) is 0 Å². The topological polar surface area (TPSA) is 64.9 Å². The van der Waals surface area contributed by atoms with E-state index in [0.717, 1.165) is 5.69 Å². The first-order valence-corrected chi connectivity index (χ1v) is 2.80. The Labute approximate surface area is 60.3 Å². The zero-order valence-electron chi connectivity index (χ0n) is 5.70. The van der Waals surface area contributed by atoms with E-state index >= 15 is 0 Å². The lowest BCUT2D eigenvalue weighted by molar-refractivity contribution is 1.26. The number of aromatic nitrogens is 1. The highest BCUT2D eigenvalue weighted by molar-refractivity contribution is 5.40. The normalized spacial score (nSPS) is 7.40. The highest BCUT2D eigenvalue weighted by Gasteiger charge is 1.77. The molecule has 3 heteroatoms. The number of hydrogen-bond donors (Lipinski definition) is 2. The summed E-state index contributed by atoms with van der Waals surface area (Å²) < 4.78 is 0. The monoisotopic (exact) mass is 137 g/mol. The van der Waals surface area contributed by atoms with Crippen molar-refractivity contribution in [1.82, 2.24) is 4.98 Å². The highest BCUT2D eigenvalue weighted by atomic mass is 15.0. The van der Waals surface area contributed by atoms with Gasteiger partial charge in [0.05, 0.1) is 5.69 Å². The Balaban J connectivity index is 0.000000371. The molecule has 0 bridgehead atoms. The molecule has 0 saturated carbocycles. The summed E-state index contributed by atoms with van der Waals surface area (Å²) in [5, 5.41) is 0. The molecule has 1 rings (SSSR count). The molecule has 0 aromatic carbocycles. The molecule has 0 aliphatic carbocycles. The van der Waals surface area contributed by atoms with E-state index in [1.54, 1.807) is 12.3 Å². The van der Waals surface area contributed by atoms with Crippen molar-refractivity contribution in [2.24, 2.45) is 11.7 Å². The fourth-order valence-electron chi connectivity index (χ4n) is 0.497. The molecule has 4 N–H and O–H groups in total. The molecular weight excluding hydrogens is 126 g/mol. The second kappa shape index (κ2) is 5.94. The Morgan fingerprint density at radius 1 is 1.40 bits per heavy atom. The maximum absolute atomic E-state index is 4.00. The average molecular weight is 137 g/mol. The Kier molecular flexibility index (Phi) is 5.23. The first-order chi connectivity index (χ1) is 4.93. The third-order valence-electron chi connectivity index (χ3n) is 0.897. The zero-order chi connectivity index (χ0) is 7.82. The van der Waals surface area contributed by atoms with Crippen molar-refractivity contribution >= 4 is 6.08 Å². The van der Waals surface area contributed by atoms with E-state index in [0.29, 0.717) is 0 Å². The summed E-state index contributed by atoms with van der Waals surface area (Å²) >= 11 is 0. The van der Waals surface area contributed by atoms with Gasteiger partial charge in [-0.25, -0.2) is 0 Å². The van der Waals surface area contributed by atoms with Crippen molar-refractivity contribution < 1.29 is 0 Å². The number of pyridine rings is 1. The third kappa shape index (κ3) is 2.96. The predicted octanol–water partition coefficient (Wildman–Crippen LogP) is 0.543. The summed E-state index contributed by atoms with van der Waals surface area (Å²) in [6.45, 7) is 3.57. The number of hydrazine groups is 1. The van der Waals surface area contributed by atoms with Gasteiger partial charge in [0.1, 0.15) is 0 Å². The Bertz CT molecular complexity index is 171. The van der Waals surface area contributed by atoms with Crippen molar-refractivity contribution in [2.75, 3.05) is 0 Å². The summed E-state index contributed by atoms with van der Waals surface area (Å²) in [5.41, 5.74) is 0.924. The quantitative estimate of drug-likeness (QED) is 0.438. The van der Waals surface area contributed by atoms with Crippen LogP contribution in [0.5, 0.6) is 0 Å². The standard InChI is InChI=1S/C7H7N.H4N2/c1-2-7-5-3-4-6-8-7;1-2/h2-6H,1H2;1-2H2. The van der Waals surface area contributed by atoms with Crippen LogP contribution >= 0.6 is 0 Å². The molecule has 54 valence electrons. The maximum Gasteiger partial charge on any atom is 0.0623 e. The van der Waals surface area contributed by atoms with E-state index in [1.165, 1.54) is 0 Å². The number of nitrogens with zero attached hydrogens (tertiary/aromatic N) is 1. The van der Waals surface area contributed by atoms with Gasteiger partial charge in [-0.05, 0) is 18.2 Å². The van der Waals surface area contributed by atoms with Crippen LogP contribution in [0.2, 0.25) is 0 Å². The van der Waals surface area contributed by atoms with Crippen molar-refractivity contribution in [3.05, 3.63) is 36.7 Å². The lowest BCUT2D eigenvalue weighted by Crippen LogP contribution is -2.02. The molecule has 0 unspecified atom stereocenters. The largest absolute Gasteiger partial charge is 0.274 e. The fraction of sp³-hybridized carbons (Fsp3) is 0. The maximum atomic E-state index is 4.00. The average Bonchev–Trinajstić information content (AvgIpc) is 2.10. The van der Waals surface area contributed by atoms with Gasteiger partial charge < -0.3 is 0 Å². The van der Waals surface area contributed by atoms with Crippen LogP contribution in [0, 0.1) is 0 Å². The van der Waals surface area contributed by atoms with Crippen LogP contribution in [0.1, 0.15) is 5.69 Å². The molecule has 0 aliphatic rings. The second-order valence-corrected chi connectivity index (χ2v) is 1.46. The molecule has 0 amide bonds. The van der Waals surface area contributed by atoms with E-state index < -0.39 is 0 Å². The molecular formula is C7H11N3. The lowest BCUT2D eigenvalue weighted by Gasteiger charge is -1.84. The molecule has 0 atom stereocenters. The molecule has 10 heavy (non-hydrogen) atoms. The molecule has 3 nitrogen and oxygen atoms in total. The van der Waals surface area contributed by atoms with Crippen LogP contribution in [-0.4, -0.2) is 4.98 Å². The van der Waals surface area contributed by atoms with Crippen LogP contribution in [-0.2, 0) is 0 Å². The molecule has 1 aromatic rings. The molecule has 0 fully saturated rings. The molecule has 0 radical (unpaired) electrons. The number of rotatable bonds is 1. The fourth-order valence-corrected chi connectivity index (χ4v) is 0.497. The van der Waals surface area contributed by atoms with Gasteiger partial charge in [-0.1, -0.05) is 12.6 Å². The Morgan fingerprint density at radius 3 is 2.40 bits per heavy atom. The van der Waals surface area contributed by atoms with Crippen molar-refractivity contribution in [2.45, 2.75) is 0 Å². The van der Waals surface area contributed by atoms with Gasteiger partial charge >= 0.3 is 0 Å². The third-order valence-corrected chi connectivity index (χ3v) is 0.897. The number of hydrogen-bond acceptors (Lipinski definition) is 3. The zero-order valence-corrected chi connectivity index (χ0v) is 5.70. The summed E-state index contributed by atoms with van der Waals surface area (Å²) in [6, 6.07) is 5.73. The van der Waals surface area contributed by atoms with Gasteiger partial charge in [-0.15, -0.1) is 0 Å². The summed E-state index contributed by atoms with van der Waals surface area (Å²) in [6.07, 6.45) is 3.47. The van der Waals surface area contributed by atoms with Crippen molar-refractivity contribution in [3.63, 3.8) is 0 Å². The SMILES string of the molecule is C=Cc1ccccn1.NN. The van der Waals surface area contributed by atoms with Crippen LogP contribution in [0.3, 0.4) is 0 Å². The summed E-state index contributed by atoms with van der Waals surface area (Å²) in [7, 11) is 0. The smallest absolute Gasteiger partial charge is 0.0623 e. The highest BCUT2D eigenvalue weighted by Crippen LogP contribution is 1.91. The van der Waals surface area contributed by atoms with E-state index in [1.807, 2.05) is 18.2 Å². The lowest BCUT2D eigenvalue weighted by atomic mass is 10.4. The van der Waals surface area contributed by atoms with Crippen molar-refractivity contribution in [3.8, 4) is 0 Å². The van der Waals surface area contributed by atoms with Gasteiger partial charge in [-0.2, -0.15) is 0 Å². The van der Waals surface area contributed by atoms with E-state index in [-0.39, 0.29) is 0 Å². The molecule has 0 spiro atoms.